The molecule has 2 fully saturated rings. The molecular weight excluding hydrogens is 652 g/mol. The number of rotatable bonds is 14. The molecule has 1 heterocycles. The van der Waals surface area contributed by atoms with Gasteiger partial charge in [-0.2, -0.15) is 0 Å². The van der Waals surface area contributed by atoms with Crippen molar-refractivity contribution in [2.45, 2.75) is 154 Å². The summed E-state index contributed by atoms with van der Waals surface area (Å²) in [6.45, 7) is 8.84. The van der Waals surface area contributed by atoms with Gasteiger partial charge in [0.1, 0.15) is 24.2 Å². The number of unbranched alkanes of at least 4 members (excludes halogenated alkanes) is 3. The normalized spacial score (nSPS) is 28.8. The van der Waals surface area contributed by atoms with Gasteiger partial charge in [0.15, 0.2) is 0 Å². The van der Waals surface area contributed by atoms with Crippen molar-refractivity contribution in [3.63, 3.8) is 0 Å². The van der Waals surface area contributed by atoms with Crippen LogP contribution in [-0.4, -0.2) is 111 Å². The van der Waals surface area contributed by atoms with Crippen molar-refractivity contribution < 1.29 is 28.7 Å². The molecule has 294 valence electrons. The van der Waals surface area contributed by atoms with Gasteiger partial charge in [-0.25, -0.2) is 0 Å². The van der Waals surface area contributed by atoms with Crippen LogP contribution in [0.15, 0.2) is 0 Å². The number of ether oxygens (including phenoxy) is 1. The molecule has 51 heavy (non-hydrogen) atoms. The summed E-state index contributed by atoms with van der Waals surface area (Å²) in [5, 5.41) is 14.7. The van der Waals surface area contributed by atoms with E-state index in [2.05, 4.69) is 33.5 Å². The van der Waals surface area contributed by atoms with Crippen molar-refractivity contribution in [1.29, 1.82) is 0 Å². The molecule has 5 amide bonds. The molecule has 9 N–H and O–H groups in total. The highest BCUT2D eigenvalue weighted by Crippen LogP contribution is 2.27. The Labute approximate surface area is 306 Å². The van der Waals surface area contributed by atoms with E-state index in [-0.39, 0.29) is 31.5 Å². The summed E-state index contributed by atoms with van der Waals surface area (Å²) < 4.78 is 6.38. The number of nitrogens with one attached hydrogen (secondary N) is 5. The molecule has 14 heteroatoms. The van der Waals surface area contributed by atoms with E-state index in [1.807, 2.05) is 20.8 Å². The third-order valence-corrected chi connectivity index (χ3v) is 10.3. The standard InChI is InChI=1S/C37H70N8O6/c1-6-8-9-14-19-31-26(4)37(50)45(5)30(16-7-2)35(48)44-32(27-17-12-10-11-13-18-27)36(49)42-28(22-39)33(46)43-29(23-40-21-15-20-38)34(47)41-25(3)24-51-31/h25-32,40H,6-24,38-39H2,1-5H3,(H,41,47)(H,42,49)(H,43,46)(H,44,48)/t25-,26-,28+,29+,30+,31-,32+/m1/s1. The zero-order valence-electron chi connectivity index (χ0n) is 32.1. The minimum Gasteiger partial charge on any atom is -0.375 e. The first-order chi connectivity index (χ1) is 24.5. The van der Waals surface area contributed by atoms with Crippen molar-refractivity contribution in [3.8, 4) is 0 Å². The quantitative estimate of drug-likeness (QED) is 0.102. The van der Waals surface area contributed by atoms with Crippen molar-refractivity contribution in [2.75, 3.05) is 39.8 Å². The van der Waals surface area contributed by atoms with Crippen LogP contribution in [0.1, 0.15) is 118 Å². The molecule has 1 aliphatic heterocycles. The highest BCUT2D eigenvalue weighted by molar-refractivity contribution is 5.96. The topological polar surface area (TPSA) is 210 Å². The number of carbonyl (C=O) groups excluding carboxylic acids is 5. The van der Waals surface area contributed by atoms with Crippen LogP contribution in [0.5, 0.6) is 0 Å². The number of carbonyl (C=O) groups is 5. The summed E-state index contributed by atoms with van der Waals surface area (Å²) >= 11 is 0. The SMILES string of the molecule is CCCCCC[C@H]1OC[C@@H](C)NC(=O)[C@H](CNCCCN)NC(=O)[C@H](CN)NC(=O)[C@H](C2CCCCCC2)NC(=O)[C@H](CCC)N(C)C(=O)[C@@H]1C. The molecule has 1 saturated heterocycles. The maximum atomic E-state index is 14.1. The van der Waals surface area contributed by atoms with E-state index in [1.165, 1.54) is 4.90 Å². The van der Waals surface area contributed by atoms with Gasteiger partial charge in [0.05, 0.1) is 18.6 Å². The molecule has 0 radical (unpaired) electrons. The van der Waals surface area contributed by atoms with Crippen LogP contribution >= 0.6 is 0 Å². The highest BCUT2D eigenvalue weighted by atomic mass is 16.5. The molecule has 0 aromatic heterocycles. The van der Waals surface area contributed by atoms with Gasteiger partial charge in [0.25, 0.3) is 0 Å². The Morgan fingerprint density at radius 2 is 1.43 bits per heavy atom. The summed E-state index contributed by atoms with van der Waals surface area (Å²) in [5.74, 6) is -2.85. The number of nitrogens with two attached hydrogens (primary N) is 2. The Bertz CT molecular complexity index is 1070. The molecule has 0 bridgehead atoms. The van der Waals surface area contributed by atoms with Gasteiger partial charge in [0.2, 0.25) is 29.5 Å². The fourth-order valence-corrected chi connectivity index (χ4v) is 7.05. The Balaban J connectivity index is 2.53. The van der Waals surface area contributed by atoms with Gasteiger partial charge in [-0.3, -0.25) is 24.0 Å². The first-order valence-corrected chi connectivity index (χ1v) is 19.7. The lowest BCUT2D eigenvalue weighted by molar-refractivity contribution is -0.147. The maximum absolute atomic E-state index is 14.1. The number of likely N-dealkylation sites (N-methyl/N-ethyl adjacent to an activating group) is 1. The van der Waals surface area contributed by atoms with Gasteiger partial charge in [0, 0.05) is 26.2 Å². The Morgan fingerprint density at radius 3 is 2.06 bits per heavy atom. The van der Waals surface area contributed by atoms with Crippen LogP contribution in [0.3, 0.4) is 0 Å². The Hall–Kier alpha value is -2.81. The van der Waals surface area contributed by atoms with Gasteiger partial charge in [-0.15, -0.1) is 0 Å². The molecule has 0 aromatic carbocycles. The van der Waals surface area contributed by atoms with E-state index >= 15 is 0 Å². The third-order valence-electron chi connectivity index (χ3n) is 10.3. The van der Waals surface area contributed by atoms with E-state index in [0.29, 0.717) is 38.8 Å². The molecule has 7 atom stereocenters. The lowest BCUT2D eigenvalue weighted by Gasteiger charge is -2.34. The molecule has 0 unspecified atom stereocenters. The van der Waals surface area contributed by atoms with Crippen molar-refractivity contribution in [3.05, 3.63) is 0 Å². The minimum atomic E-state index is -1.14. The predicted octanol–water partition coefficient (Wildman–Crippen LogP) is 1.45. The second-order valence-electron chi connectivity index (χ2n) is 14.6. The van der Waals surface area contributed by atoms with E-state index in [4.69, 9.17) is 16.2 Å². The maximum Gasteiger partial charge on any atom is 0.244 e. The lowest BCUT2D eigenvalue weighted by atomic mass is 9.90. The molecule has 1 saturated carbocycles. The Kier molecular flexibility index (Phi) is 21.2. The zero-order chi connectivity index (χ0) is 37.8. The van der Waals surface area contributed by atoms with Crippen molar-refractivity contribution in [2.24, 2.45) is 23.3 Å². The summed E-state index contributed by atoms with van der Waals surface area (Å²) in [7, 11) is 1.65. The van der Waals surface area contributed by atoms with Gasteiger partial charge < -0.3 is 47.7 Å². The molecule has 2 rings (SSSR count). The summed E-state index contributed by atoms with van der Waals surface area (Å²) in [6, 6.07) is -4.28. The summed E-state index contributed by atoms with van der Waals surface area (Å²) in [4.78, 5) is 70.9. The summed E-state index contributed by atoms with van der Waals surface area (Å²) in [6.07, 6.45) is 11.4. The third kappa shape index (κ3) is 15.0. The molecule has 1 aliphatic carbocycles. The molecule has 2 aliphatic rings. The number of hydrogen-bond acceptors (Lipinski definition) is 9. The van der Waals surface area contributed by atoms with E-state index in [1.54, 1.807) is 7.05 Å². The van der Waals surface area contributed by atoms with Crippen LogP contribution < -0.4 is 38.1 Å². The average molecular weight is 723 g/mol. The molecule has 0 spiro atoms. The Morgan fingerprint density at radius 1 is 0.765 bits per heavy atom. The van der Waals surface area contributed by atoms with Gasteiger partial charge in [-0.05, 0) is 58.0 Å². The van der Waals surface area contributed by atoms with E-state index in [9.17, 15) is 24.0 Å². The molecule has 0 aromatic rings. The second kappa shape index (κ2) is 24.4. The van der Waals surface area contributed by atoms with Crippen molar-refractivity contribution in [1.82, 2.24) is 31.5 Å². The van der Waals surface area contributed by atoms with Crippen LogP contribution in [0.25, 0.3) is 0 Å². The van der Waals surface area contributed by atoms with Crippen molar-refractivity contribution >= 4 is 29.5 Å². The zero-order valence-corrected chi connectivity index (χ0v) is 32.1. The predicted molar refractivity (Wildman–Crippen MR) is 199 cm³/mol. The number of amides is 5. The van der Waals surface area contributed by atoms with Crippen LogP contribution in [0.2, 0.25) is 0 Å². The highest BCUT2D eigenvalue weighted by Gasteiger charge is 2.38. The minimum absolute atomic E-state index is 0.133. The van der Waals surface area contributed by atoms with Crippen LogP contribution in [0.4, 0.5) is 0 Å². The van der Waals surface area contributed by atoms with Gasteiger partial charge >= 0.3 is 0 Å². The first kappa shape index (κ1) is 44.4. The smallest absolute Gasteiger partial charge is 0.244 e. The molecular formula is C37H70N8O6. The van der Waals surface area contributed by atoms with Crippen LogP contribution in [-0.2, 0) is 28.7 Å². The van der Waals surface area contributed by atoms with Gasteiger partial charge in [-0.1, -0.05) is 78.6 Å². The average Bonchev–Trinajstić information content (AvgIpc) is 3.40. The van der Waals surface area contributed by atoms with E-state index < -0.39 is 65.9 Å². The second-order valence-corrected chi connectivity index (χ2v) is 14.6. The fourth-order valence-electron chi connectivity index (χ4n) is 7.05. The lowest BCUT2D eigenvalue weighted by Crippen LogP contribution is -2.62. The largest absolute Gasteiger partial charge is 0.375 e. The number of hydrogen-bond donors (Lipinski definition) is 7. The van der Waals surface area contributed by atoms with E-state index in [0.717, 1.165) is 64.2 Å². The van der Waals surface area contributed by atoms with Crippen LogP contribution in [0, 0.1) is 11.8 Å². The molecule has 14 nitrogen and oxygen atoms in total. The number of nitrogens with zero attached hydrogens (tertiary/aromatic N) is 1. The first-order valence-electron chi connectivity index (χ1n) is 19.7. The monoisotopic (exact) mass is 723 g/mol. The fraction of sp³-hybridized carbons (Fsp3) is 0.865. The summed E-state index contributed by atoms with van der Waals surface area (Å²) in [5.41, 5.74) is 11.7.